The molecule has 1 saturated heterocycles. The van der Waals surface area contributed by atoms with Gasteiger partial charge in [0.1, 0.15) is 22.6 Å². The molecule has 2 aromatic heterocycles. The number of fused-ring (bicyclic) bond motifs is 1. The van der Waals surface area contributed by atoms with Gasteiger partial charge < -0.3 is 14.2 Å². The van der Waals surface area contributed by atoms with Crippen LogP contribution in [0.2, 0.25) is 0 Å². The van der Waals surface area contributed by atoms with Crippen LogP contribution in [0.1, 0.15) is 78.7 Å². The first-order valence-electron chi connectivity index (χ1n) is 20.1. The third-order valence-corrected chi connectivity index (χ3v) is 12.4. The highest BCUT2D eigenvalue weighted by Crippen LogP contribution is 2.44. The Morgan fingerprint density at radius 1 is 0.885 bits per heavy atom. The molecule has 0 bridgehead atoms. The van der Waals surface area contributed by atoms with Crippen LogP contribution < -0.4 is 4.72 Å². The number of benzene rings is 4. The number of carbonyl (C=O) groups excluding carboxylic acids is 2. The van der Waals surface area contributed by atoms with Crippen LogP contribution in [0, 0.1) is 29.4 Å². The summed E-state index contributed by atoms with van der Waals surface area (Å²) >= 11 is 0. The SMILES string of the molecule is CCN(C)S(=O)(=O)Nc1ccc(F)c(C(=O)c2cn(C(c3ccccc3)(c3ccccc3)c3ccccc3)c3ncc(C#CC4CCN(C(=O)OC(C)(C)C)CC4)cc23)c1F. The van der Waals surface area contributed by atoms with E-state index in [9.17, 15) is 18.0 Å². The number of nitrogens with zero attached hydrogens (tertiary/aromatic N) is 4. The van der Waals surface area contributed by atoms with E-state index in [4.69, 9.17) is 9.72 Å². The zero-order valence-corrected chi connectivity index (χ0v) is 35.5. The van der Waals surface area contributed by atoms with Gasteiger partial charge >= 0.3 is 16.3 Å². The van der Waals surface area contributed by atoms with Gasteiger partial charge in [0, 0.05) is 55.9 Å². The van der Waals surface area contributed by atoms with Crippen molar-refractivity contribution in [1.29, 1.82) is 0 Å². The lowest BCUT2D eigenvalue weighted by Crippen LogP contribution is -2.41. The summed E-state index contributed by atoms with van der Waals surface area (Å²) < 4.78 is 68.8. The number of nitrogens with one attached hydrogen (secondary N) is 1. The Labute approximate surface area is 355 Å². The lowest BCUT2D eigenvalue weighted by Gasteiger charge is -2.38. The molecule has 1 fully saturated rings. The van der Waals surface area contributed by atoms with Crippen LogP contribution in [0.25, 0.3) is 11.0 Å². The van der Waals surface area contributed by atoms with Gasteiger partial charge in [0.25, 0.3) is 0 Å². The number of hydrogen-bond donors (Lipinski definition) is 1. The quantitative estimate of drug-likeness (QED) is 0.0837. The second-order valence-electron chi connectivity index (χ2n) is 16.0. The van der Waals surface area contributed by atoms with E-state index in [1.165, 1.54) is 7.05 Å². The summed E-state index contributed by atoms with van der Waals surface area (Å²) in [4.78, 5) is 34.2. The van der Waals surface area contributed by atoms with Crippen molar-refractivity contribution in [3.05, 3.63) is 167 Å². The van der Waals surface area contributed by atoms with Gasteiger partial charge in [-0.3, -0.25) is 9.52 Å². The number of ether oxygens (including phenoxy) is 1. The monoisotopic (exact) mass is 843 g/mol. The van der Waals surface area contributed by atoms with Crippen LogP contribution >= 0.6 is 0 Å². The number of ketones is 1. The molecule has 6 aromatic rings. The van der Waals surface area contributed by atoms with Crippen molar-refractivity contribution in [3.63, 3.8) is 0 Å². The number of piperidine rings is 1. The summed E-state index contributed by atoms with van der Waals surface area (Å²) in [6.45, 7) is 8.13. The van der Waals surface area contributed by atoms with Gasteiger partial charge in [-0.2, -0.15) is 12.7 Å². The third-order valence-electron chi connectivity index (χ3n) is 10.8. The Balaban J connectivity index is 1.41. The molecule has 1 aliphatic rings. The second-order valence-corrected chi connectivity index (χ2v) is 17.7. The molecule has 13 heteroatoms. The maximum Gasteiger partial charge on any atom is 0.410 e. The van der Waals surface area contributed by atoms with E-state index in [0.29, 0.717) is 37.1 Å². The molecule has 0 saturated carbocycles. The number of amides is 1. The summed E-state index contributed by atoms with van der Waals surface area (Å²) in [5.74, 6) is 2.94. The van der Waals surface area contributed by atoms with Gasteiger partial charge in [0.2, 0.25) is 5.78 Å². The zero-order valence-electron chi connectivity index (χ0n) is 34.7. The average Bonchev–Trinajstić information content (AvgIpc) is 3.63. The summed E-state index contributed by atoms with van der Waals surface area (Å²) in [6.07, 6.45) is 4.07. The lowest BCUT2D eigenvalue weighted by atomic mass is 9.76. The molecule has 7 rings (SSSR count). The van der Waals surface area contributed by atoms with Crippen LogP contribution in [0.5, 0.6) is 0 Å². The van der Waals surface area contributed by atoms with Gasteiger partial charge in [-0.05, 0) is 68.5 Å². The van der Waals surface area contributed by atoms with E-state index in [0.717, 1.165) is 33.1 Å². The van der Waals surface area contributed by atoms with Crippen molar-refractivity contribution in [2.75, 3.05) is 31.4 Å². The molecule has 0 spiro atoms. The number of rotatable bonds is 10. The molecule has 10 nitrogen and oxygen atoms in total. The minimum atomic E-state index is -4.23. The maximum atomic E-state index is 16.5. The van der Waals surface area contributed by atoms with Crippen LogP contribution in [-0.4, -0.2) is 71.3 Å². The van der Waals surface area contributed by atoms with Crippen molar-refractivity contribution in [2.24, 2.45) is 5.92 Å². The fourth-order valence-corrected chi connectivity index (χ4v) is 8.58. The molecule has 3 heterocycles. The summed E-state index contributed by atoms with van der Waals surface area (Å²) in [5.41, 5.74) is -0.108. The summed E-state index contributed by atoms with van der Waals surface area (Å²) in [7, 11) is -2.92. The topological polar surface area (TPSA) is 114 Å². The molecular formula is C48H47F2N5O5S. The molecule has 1 amide bonds. The summed E-state index contributed by atoms with van der Waals surface area (Å²) in [6, 6.07) is 32.6. The van der Waals surface area contributed by atoms with Crippen molar-refractivity contribution in [1.82, 2.24) is 18.8 Å². The molecular weight excluding hydrogens is 797 g/mol. The normalized spacial score (nSPS) is 13.8. The van der Waals surface area contributed by atoms with Gasteiger partial charge in [-0.1, -0.05) is 110 Å². The minimum Gasteiger partial charge on any atom is -0.444 e. The molecule has 0 aliphatic carbocycles. The molecule has 1 N–H and O–H groups in total. The highest BCUT2D eigenvalue weighted by Gasteiger charge is 2.41. The van der Waals surface area contributed by atoms with Gasteiger partial charge in [0.15, 0.2) is 5.82 Å². The number of likely N-dealkylation sites (tertiary alicyclic amines) is 1. The Morgan fingerprint density at radius 2 is 1.44 bits per heavy atom. The number of hydrogen-bond acceptors (Lipinski definition) is 6. The average molecular weight is 844 g/mol. The molecule has 314 valence electrons. The number of carbonyl (C=O) groups is 2. The number of halogens is 2. The Bertz CT molecular complexity index is 2640. The first-order chi connectivity index (χ1) is 29.1. The summed E-state index contributed by atoms with van der Waals surface area (Å²) in [5, 5.41) is 0.277. The number of aromatic nitrogens is 2. The second kappa shape index (κ2) is 17.3. The van der Waals surface area contributed by atoms with Crippen LogP contribution in [0.15, 0.2) is 122 Å². The Kier molecular flexibility index (Phi) is 12.1. The van der Waals surface area contributed by atoms with Gasteiger partial charge in [-0.15, -0.1) is 0 Å². The van der Waals surface area contributed by atoms with Crippen molar-refractivity contribution >= 4 is 38.8 Å². The van der Waals surface area contributed by atoms with Crippen molar-refractivity contribution < 1.29 is 31.5 Å². The van der Waals surface area contributed by atoms with E-state index >= 15 is 8.78 Å². The highest BCUT2D eigenvalue weighted by molar-refractivity contribution is 7.90. The lowest BCUT2D eigenvalue weighted by molar-refractivity contribution is 0.0199. The standard InChI is InChI=1S/C48H47F2N5O5S/c1-6-53(5)61(58,59)52-41-25-24-40(49)42(43(41)50)44(56)39-32-55(48(35-16-10-7-11-17-35,36-18-12-8-13-19-36)37-20-14-9-15-21-37)45-38(39)30-34(31-51-45)23-22-33-26-28-54(29-27-33)46(57)60-47(2,3)4/h7-21,24-25,30-33,52H,6,26-29H2,1-5H3. The predicted octanol–water partition coefficient (Wildman–Crippen LogP) is 8.99. The van der Waals surface area contributed by atoms with Crippen molar-refractivity contribution in [3.8, 4) is 11.8 Å². The van der Waals surface area contributed by atoms with Crippen LogP contribution in [0.4, 0.5) is 19.3 Å². The molecule has 1 aliphatic heterocycles. The van der Waals surface area contributed by atoms with E-state index in [-0.39, 0.29) is 29.5 Å². The molecule has 4 aromatic carbocycles. The number of anilines is 1. The van der Waals surface area contributed by atoms with Crippen molar-refractivity contribution in [2.45, 2.75) is 51.7 Å². The Morgan fingerprint density at radius 3 is 1.97 bits per heavy atom. The van der Waals surface area contributed by atoms with E-state index < -0.39 is 50.0 Å². The smallest absolute Gasteiger partial charge is 0.410 e. The number of pyridine rings is 1. The minimum absolute atomic E-state index is 0.0385. The highest BCUT2D eigenvalue weighted by atomic mass is 32.2. The van der Waals surface area contributed by atoms with E-state index in [1.54, 1.807) is 30.3 Å². The van der Waals surface area contributed by atoms with Gasteiger partial charge in [0.05, 0.1) is 16.8 Å². The molecule has 0 radical (unpaired) electrons. The largest absolute Gasteiger partial charge is 0.444 e. The van der Waals surface area contributed by atoms with E-state index in [1.807, 2.05) is 116 Å². The first kappa shape index (κ1) is 42.8. The van der Waals surface area contributed by atoms with Gasteiger partial charge in [-0.25, -0.2) is 18.6 Å². The Hall–Kier alpha value is -6.36. The molecule has 0 atom stereocenters. The maximum absolute atomic E-state index is 16.5. The third kappa shape index (κ3) is 8.64. The van der Waals surface area contributed by atoms with E-state index in [2.05, 4.69) is 16.6 Å². The van der Waals surface area contributed by atoms with Crippen LogP contribution in [0.3, 0.4) is 0 Å². The zero-order chi connectivity index (χ0) is 43.5. The van der Waals surface area contributed by atoms with Crippen LogP contribution in [-0.2, 0) is 20.5 Å². The molecule has 0 unspecified atom stereocenters. The fraction of sp³-hybridized carbons (Fsp3) is 0.271. The predicted molar refractivity (Wildman–Crippen MR) is 232 cm³/mol. The molecule has 61 heavy (non-hydrogen) atoms. The first-order valence-corrected chi connectivity index (χ1v) is 21.5. The fourth-order valence-electron chi connectivity index (χ4n) is 7.65.